The molecule has 0 unspecified atom stereocenters. The van der Waals surface area contributed by atoms with Crippen LogP contribution in [0.5, 0.6) is 0 Å². The summed E-state index contributed by atoms with van der Waals surface area (Å²) in [6.07, 6.45) is 0. The molecule has 1 aromatic carbocycles. The van der Waals surface area contributed by atoms with E-state index in [9.17, 15) is 13.2 Å². The van der Waals surface area contributed by atoms with E-state index in [4.69, 9.17) is 10.2 Å². The Kier molecular flexibility index (Phi) is 5.29. The van der Waals surface area contributed by atoms with Crippen LogP contribution in [0.4, 0.5) is 0 Å². The molecule has 0 aliphatic carbocycles. The predicted molar refractivity (Wildman–Crippen MR) is 78.6 cm³/mol. The first kappa shape index (κ1) is 16.6. The molecule has 0 radical (unpaired) electrons. The fourth-order valence-electron chi connectivity index (χ4n) is 1.60. The Bertz CT molecular complexity index is 757. The second-order valence-electron chi connectivity index (χ2n) is 4.21. The van der Waals surface area contributed by atoms with E-state index in [0.29, 0.717) is 11.0 Å². The van der Waals surface area contributed by atoms with Gasteiger partial charge in [-0.2, -0.15) is 0 Å². The van der Waals surface area contributed by atoms with Crippen LogP contribution < -0.4 is 16.1 Å². The van der Waals surface area contributed by atoms with Crippen LogP contribution in [-0.2, 0) is 10.0 Å². The summed E-state index contributed by atoms with van der Waals surface area (Å²) in [4.78, 5) is 11.1. The molecule has 3 N–H and O–H groups in total. The first-order valence-electron chi connectivity index (χ1n) is 5.69. The number of hydrogen-bond acceptors (Lipinski definition) is 5. The van der Waals surface area contributed by atoms with Crippen molar-refractivity contribution in [3.8, 4) is 0 Å². The Morgan fingerprint density at radius 3 is 2.65 bits per heavy atom. The molecule has 0 fully saturated rings. The summed E-state index contributed by atoms with van der Waals surface area (Å²) < 4.78 is 31.5. The largest absolute Gasteiger partial charge is 0.423 e. The first-order chi connectivity index (χ1) is 8.92. The maximum atomic E-state index is 12.1. The van der Waals surface area contributed by atoms with Gasteiger partial charge in [-0.25, -0.2) is 17.9 Å². The van der Waals surface area contributed by atoms with E-state index in [2.05, 4.69) is 4.72 Å². The number of fused-ring (bicyclic) bond motifs is 1. The number of benzene rings is 1. The van der Waals surface area contributed by atoms with Gasteiger partial charge in [-0.1, -0.05) is 0 Å². The van der Waals surface area contributed by atoms with Crippen LogP contribution in [0, 0.1) is 0 Å². The highest BCUT2D eigenvalue weighted by atomic mass is 35.5. The normalized spacial score (nSPS) is 12.9. The van der Waals surface area contributed by atoms with Crippen molar-refractivity contribution in [2.45, 2.75) is 17.9 Å². The van der Waals surface area contributed by atoms with Crippen molar-refractivity contribution < 1.29 is 12.8 Å². The van der Waals surface area contributed by atoms with Crippen molar-refractivity contribution in [3.63, 3.8) is 0 Å². The highest BCUT2D eigenvalue weighted by molar-refractivity contribution is 7.89. The van der Waals surface area contributed by atoms with Gasteiger partial charge >= 0.3 is 5.63 Å². The Labute approximate surface area is 122 Å². The fraction of sp³-hybridized carbons (Fsp3) is 0.250. The molecule has 8 heteroatoms. The monoisotopic (exact) mass is 318 g/mol. The lowest BCUT2D eigenvalue weighted by atomic mass is 10.2. The average molecular weight is 319 g/mol. The number of sulfonamides is 1. The lowest BCUT2D eigenvalue weighted by Crippen LogP contribution is -2.37. The smallest absolute Gasteiger partial charge is 0.336 e. The molecule has 110 valence electrons. The molecular formula is C12H15ClN2O4S. The van der Waals surface area contributed by atoms with Crippen LogP contribution in [0.3, 0.4) is 0 Å². The second kappa shape index (κ2) is 6.36. The molecule has 0 spiro atoms. The molecule has 20 heavy (non-hydrogen) atoms. The summed E-state index contributed by atoms with van der Waals surface area (Å²) in [6, 6.07) is 6.70. The van der Waals surface area contributed by atoms with E-state index in [1.54, 1.807) is 6.92 Å². The molecule has 0 amide bonds. The van der Waals surface area contributed by atoms with Crippen molar-refractivity contribution >= 4 is 33.4 Å². The molecule has 0 aliphatic rings. The Hall–Kier alpha value is -1.41. The first-order valence-corrected chi connectivity index (χ1v) is 7.17. The minimum Gasteiger partial charge on any atom is -0.423 e. The van der Waals surface area contributed by atoms with Crippen molar-refractivity contribution in [3.05, 3.63) is 40.8 Å². The zero-order valence-electron chi connectivity index (χ0n) is 10.7. The fourth-order valence-corrected chi connectivity index (χ4v) is 2.89. The molecule has 2 rings (SSSR count). The van der Waals surface area contributed by atoms with Crippen molar-refractivity contribution in [2.75, 3.05) is 6.54 Å². The van der Waals surface area contributed by atoms with E-state index >= 15 is 0 Å². The van der Waals surface area contributed by atoms with Crippen LogP contribution in [-0.4, -0.2) is 21.0 Å². The van der Waals surface area contributed by atoms with Crippen molar-refractivity contribution in [1.82, 2.24) is 4.72 Å². The number of hydrogen-bond donors (Lipinski definition) is 2. The molecule has 0 saturated heterocycles. The third-order valence-corrected chi connectivity index (χ3v) is 4.20. The van der Waals surface area contributed by atoms with E-state index in [1.165, 1.54) is 30.3 Å². The van der Waals surface area contributed by atoms with Crippen LogP contribution in [0.15, 0.2) is 44.4 Å². The number of rotatable bonds is 4. The molecule has 1 atom stereocenters. The second-order valence-corrected chi connectivity index (χ2v) is 5.93. The zero-order chi connectivity index (χ0) is 14.0. The molecule has 6 nitrogen and oxygen atoms in total. The van der Waals surface area contributed by atoms with Crippen LogP contribution in [0.2, 0.25) is 0 Å². The van der Waals surface area contributed by atoms with Gasteiger partial charge in [0, 0.05) is 24.0 Å². The molecule has 0 aliphatic heterocycles. The summed E-state index contributed by atoms with van der Waals surface area (Å²) in [6.45, 7) is 1.89. The Balaban J connectivity index is 0.00000200. The van der Waals surface area contributed by atoms with Crippen LogP contribution in [0.1, 0.15) is 6.92 Å². The van der Waals surface area contributed by atoms with E-state index < -0.39 is 15.6 Å². The van der Waals surface area contributed by atoms with Gasteiger partial charge < -0.3 is 10.2 Å². The van der Waals surface area contributed by atoms with Gasteiger partial charge in [0.15, 0.2) is 0 Å². The van der Waals surface area contributed by atoms with Gasteiger partial charge in [0.2, 0.25) is 10.0 Å². The van der Waals surface area contributed by atoms with Crippen molar-refractivity contribution in [1.29, 1.82) is 0 Å². The standard InChI is InChI=1S/C12H14N2O4S.ClH/c1-8(7-13)14-19(16,17)10-3-4-11-9(6-10)2-5-12(15)18-11;/h2-6,8,14H,7,13H2,1H3;1H/t8-;/m0./s1. The van der Waals surface area contributed by atoms with Gasteiger partial charge in [-0.15, -0.1) is 12.4 Å². The zero-order valence-corrected chi connectivity index (χ0v) is 12.3. The minimum atomic E-state index is -3.62. The van der Waals surface area contributed by atoms with Gasteiger partial charge in [0.25, 0.3) is 0 Å². The molecule has 1 heterocycles. The topological polar surface area (TPSA) is 102 Å². The van der Waals surface area contributed by atoms with E-state index in [1.807, 2.05) is 0 Å². The SMILES string of the molecule is C[C@@H](CN)NS(=O)(=O)c1ccc2oc(=O)ccc2c1.Cl. The summed E-state index contributed by atoms with van der Waals surface area (Å²) in [5.41, 5.74) is 5.26. The van der Waals surface area contributed by atoms with Crippen LogP contribution >= 0.6 is 12.4 Å². The Morgan fingerprint density at radius 1 is 1.30 bits per heavy atom. The van der Waals surface area contributed by atoms with E-state index in [-0.39, 0.29) is 29.9 Å². The third kappa shape index (κ3) is 3.57. The lowest BCUT2D eigenvalue weighted by molar-refractivity contribution is 0.558. The summed E-state index contributed by atoms with van der Waals surface area (Å²) in [7, 11) is -3.62. The number of nitrogens with two attached hydrogens (primary N) is 1. The highest BCUT2D eigenvalue weighted by Crippen LogP contribution is 2.17. The van der Waals surface area contributed by atoms with Gasteiger partial charge in [-0.3, -0.25) is 0 Å². The molecule has 1 aromatic heterocycles. The van der Waals surface area contributed by atoms with Gasteiger partial charge in [-0.05, 0) is 31.2 Å². The molecular weight excluding hydrogens is 304 g/mol. The summed E-state index contributed by atoms with van der Waals surface area (Å²) in [5, 5.41) is 0.544. The number of halogens is 1. The lowest BCUT2D eigenvalue weighted by Gasteiger charge is -2.12. The van der Waals surface area contributed by atoms with E-state index in [0.717, 1.165) is 0 Å². The Morgan fingerprint density at radius 2 is 2.00 bits per heavy atom. The molecule has 0 saturated carbocycles. The number of nitrogens with one attached hydrogen (secondary N) is 1. The third-order valence-electron chi connectivity index (χ3n) is 2.61. The summed E-state index contributed by atoms with van der Waals surface area (Å²) in [5.74, 6) is 0. The van der Waals surface area contributed by atoms with Crippen molar-refractivity contribution in [2.24, 2.45) is 5.73 Å². The van der Waals surface area contributed by atoms with Gasteiger partial charge in [0.1, 0.15) is 5.58 Å². The van der Waals surface area contributed by atoms with Gasteiger partial charge in [0.05, 0.1) is 4.90 Å². The highest BCUT2D eigenvalue weighted by Gasteiger charge is 2.17. The molecule has 2 aromatic rings. The quantitative estimate of drug-likeness (QED) is 0.813. The minimum absolute atomic E-state index is 0. The average Bonchev–Trinajstić information content (AvgIpc) is 2.37. The summed E-state index contributed by atoms with van der Waals surface area (Å²) >= 11 is 0. The maximum absolute atomic E-state index is 12.1. The maximum Gasteiger partial charge on any atom is 0.336 e. The molecule has 0 bridgehead atoms. The predicted octanol–water partition coefficient (Wildman–Crippen LogP) is 0.840. The van der Waals surface area contributed by atoms with Crippen LogP contribution in [0.25, 0.3) is 11.0 Å².